The van der Waals surface area contributed by atoms with Gasteiger partial charge in [0.25, 0.3) is 0 Å². The van der Waals surface area contributed by atoms with Crippen LogP contribution in [0, 0.1) is 0 Å². The van der Waals surface area contributed by atoms with Crippen molar-refractivity contribution in [2.75, 3.05) is 17.7 Å². The minimum Gasteiger partial charge on any atom is -0.494 e. The number of thioether (sulfide) groups is 1. The summed E-state index contributed by atoms with van der Waals surface area (Å²) in [5.74, 6) is 1.98. The minimum absolute atomic E-state index is 0.0685. The van der Waals surface area contributed by atoms with Crippen LogP contribution in [-0.4, -0.2) is 33.0 Å². The zero-order valence-corrected chi connectivity index (χ0v) is 18.3. The summed E-state index contributed by atoms with van der Waals surface area (Å²) < 4.78 is 7.56. The third-order valence-corrected chi connectivity index (χ3v) is 5.47. The maximum absolute atomic E-state index is 12.4. The van der Waals surface area contributed by atoms with Crippen molar-refractivity contribution in [2.24, 2.45) is 0 Å². The predicted molar refractivity (Wildman–Crippen MR) is 121 cm³/mol. The van der Waals surface area contributed by atoms with Crippen molar-refractivity contribution in [3.8, 4) is 5.75 Å². The molecule has 30 heavy (non-hydrogen) atoms. The number of anilines is 1. The number of ether oxygens (including phenoxy) is 1. The molecule has 1 heterocycles. The van der Waals surface area contributed by atoms with Crippen molar-refractivity contribution in [3.63, 3.8) is 0 Å². The number of carbonyl (C=O) groups is 1. The van der Waals surface area contributed by atoms with Crippen LogP contribution in [0.3, 0.4) is 0 Å². The average Bonchev–Trinajstić information content (AvgIpc) is 3.15. The van der Waals surface area contributed by atoms with Crippen LogP contribution in [-0.2, 0) is 24.2 Å². The fourth-order valence-electron chi connectivity index (χ4n) is 3.09. The molecule has 0 aliphatic heterocycles. The van der Waals surface area contributed by atoms with Gasteiger partial charge in [-0.2, -0.15) is 0 Å². The zero-order valence-electron chi connectivity index (χ0n) is 17.5. The predicted octanol–water partition coefficient (Wildman–Crippen LogP) is 4.60. The van der Waals surface area contributed by atoms with E-state index in [1.807, 2.05) is 37.3 Å². The molecular formula is C23H28N4O2S. The molecule has 1 amide bonds. The molecule has 3 aromatic rings. The molecule has 0 aliphatic carbocycles. The van der Waals surface area contributed by atoms with Gasteiger partial charge >= 0.3 is 0 Å². The van der Waals surface area contributed by atoms with E-state index in [0.717, 1.165) is 48.2 Å². The molecule has 158 valence electrons. The van der Waals surface area contributed by atoms with Crippen molar-refractivity contribution in [1.29, 1.82) is 0 Å². The summed E-state index contributed by atoms with van der Waals surface area (Å²) in [7, 11) is 0. The molecular weight excluding hydrogens is 396 g/mol. The van der Waals surface area contributed by atoms with Gasteiger partial charge in [0.2, 0.25) is 5.91 Å². The Morgan fingerprint density at radius 2 is 1.80 bits per heavy atom. The van der Waals surface area contributed by atoms with E-state index in [1.54, 1.807) is 0 Å². The van der Waals surface area contributed by atoms with Gasteiger partial charge in [0.1, 0.15) is 11.6 Å². The molecule has 0 saturated heterocycles. The van der Waals surface area contributed by atoms with E-state index in [-0.39, 0.29) is 11.7 Å². The maximum Gasteiger partial charge on any atom is 0.234 e. The largest absolute Gasteiger partial charge is 0.494 e. The number of carbonyl (C=O) groups excluding carboxylic acids is 1. The second-order valence-corrected chi connectivity index (χ2v) is 7.77. The topological polar surface area (TPSA) is 69.0 Å². The number of nitrogens with zero attached hydrogens (tertiary/aromatic N) is 3. The fraction of sp³-hybridized carbons (Fsp3) is 0.348. The quantitative estimate of drug-likeness (QED) is 0.456. The van der Waals surface area contributed by atoms with Gasteiger partial charge in [-0.25, -0.2) is 0 Å². The Kier molecular flexibility index (Phi) is 8.32. The van der Waals surface area contributed by atoms with Crippen LogP contribution in [0.4, 0.5) is 5.69 Å². The highest BCUT2D eigenvalue weighted by molar-refractivity contribution is 7.99. The first-order chi connectivity index (χ1) is 14.7. The number of hydrogen-bond donors (Lipinski definition) is 1. The fourth-order valence-corrected chi connectivity index (χ4v) is 3.87. The zero-order chi connectivity index (χ0) is 21.2. The number of aryl methyl sites for hydroxylation is 2. The molecule has 0 atom stereocenters. The Morgan fingerprint density at radius 3 is 2.50 bits per heavy atom. The molecule has 7 heteroatoms. The minimum atomic E-state index is -0.0685. The molecule has 2 aromatic carbocycles. The normalized spacial score (nSPS) is 10.7. The highest BCUT2D eigenvalue weighted by Crippen LogP contribution is 2.20. The first-order valence-electron chi connectivity index (χ1n) is 10.3. The van der Waals surface area contributed by atoms with Crippen molar-refractivity contribution in [1.82, 2.24) is 14.8 Å². The van der Waals surface area contributed by atoms with Crippen LogP contribution in [0.5, 0.6) is 5.75 Å². The molecule has 6 nitrogen and oxygen atoms in total. The Hall–Kier alpha value is -2.80. The van der Waals surface area contributed by atoms with E-state index in [1.165, 1.54) is 17.3 Å². The SMILES string of the molecule is CCCn1c(CCc2ccccc2)nnc1SCC(=O)Nc1ccc(OCC)cc1. The molecule has 0 aliphatic rings. The summed E-state index contributed by atoms with van der Waals surface area (Å²) in [5.41, 5.74) is 2.04. The van der Waals surface area contributed by atoms with E-state index in [2.05, 4.69) is 51.3 Å². The van der Waals surface area contributed by atoms with E-state index < -0.39 is 0 Å². The van der Waals surface area contributed by atoms with Gasteiger partial charge in [0, 0.05) is 18.7 Å². The third-order valence-electron chi connectivity index (χ3n) is 4.50. The number of amides is 1. The first kappa shape index (κ1) is 21.9. The summed E-state index contributed by atoms with van der Waals surface area (Å²) in [6.07, 6.45) is 2.74. The standard InChI is InChI=1S/C23H28N4O2S/c1-3-16-27-21(15-10-18-8-6-5-7-9-18)25-26-23(27)30-17-22(28)24-19-11-13-20(14-12-19)29-4-2/h5-9,11-14H,3-4,10,15-17H2,1-2H3,(H,24,28). The monoisotopic (exact) mass is 424 g/mol. The van der Waals surface area contributed by atoms with Gasteiger partial charge in [-0.05, 0) is 49.6 Å². The number of hydrogen-bond acceptors (Lipinski definition) is 5. The average molecular weight is 425 g/mol. The molecule has 0 spiro atoms. The molecule has 1 aromatic heterocycles. The third kappa shape index (κ3) is 6.35. The Morgan fingerprint density at radius 1 is 1.03 bits per heavy atom. The first-order valence-corrected chi connectivity index (χ1v) is 11.3. The lowest BCUT2D eigenvalue weighted by Crippen LogP contribution is -2.15. The Bertz CT molecular complexity index is 926. The number of aromatic nitrogens is 3. The van der Waals surface area contributed by atoms with Gasteiger partial charge in [0.15, 0.2) is 5.16 Å². The van der Waals surface area contributed by atoms with Gasteiger partial charge in [-0.3, -0.25) is 4.79 Å². The molecule has 0 bridgehead atoms. The summed E-state index contributed by atoms with van der Waals surface area (Å²) >= 11 is 1.42. The molecule has 0 fully saturated rings. The van der Waals surface area contributed by atoms with Gasteiger partial charge in [-0.1, -0.05) is 49.0 Å². The van der Waals surface area contributed by atoms with Crippen molar-refractivity contribution >= 4 is 23.4 Å². The highest BCUT2D eigenvalue weighted by Gasteiger charge is 2.14. The van der Waals surface area contributed by atoms with Crippen LogP contribution in [0.25, 0.3) is 0 Å². The summed E-state index contributed by atoms with van der Waals surface area (Å²) in [4.78, 5) is 12.4. The summed E-state index contributed by atoms with van der Waals surface area (Å²) in [5, 5.41) is 12.4. The molecule has 0 saturated carbocycles. The smallest absolute Gasteiger partial charge is 0.234 e. The Balaban J connectivity index is 1.56. The summed E-state index contributed by atoms with van der Waals surface area (Å²) in [6.45, 7) is 5.54. The van der Waals surface area contributed by atoms with E-state index in [0.29, 0.717) is 6.61 Å². The Labute approximate surface area is 182 Å². The number of rotatable bonds is 11. The molecule has 1 N–H and O–H groups in total. The van der Waals surface area contributed by atoms with E-state index in [4.69, 9.17) is 4.74 Å². The van der Waals surface area contributed by atoms with Crippen LogP contribution < -0.4 is 10.1 Å². The maximum atomic E-state index is 12.4. The van der Waals surface area contributed by atoms with E-state index >= 15 is 0 Å². The number of nitrogens with one attached hydrogen (secondary N) is 1. The highest BCUT2D eigenvalue weighted by atomic mass is 32.2. The lowest BCUT2D eigenvalue weighted by atomic mass is 10.1. The van der Waals surface area contributed by atoms with Crippen LogP contribution in [0.15, 0.2) is 59.8 Å². The second kappa shape index (κ2) is 11.4. The van der Waals surface area contributed by atoms with Crippen LogP contribution in [0.2, 0.25) is 0 Å². The van der Waals surface area contributed by atoms with Gasteiger partial charge < -0.3 is 14.6 Å². The van der Waals surface area contributed by atoms with E-state index in [9.17, 15) is 4.79 Å². The van der Waals surface area contributed by atoms with Gasteiger partial charge in [-0.15, -0.1) is 10.2 Å². The lowest BCUT2D eigenvalue weighted by molar-refractivity contribution is -0.113. The molecule has 0 unspecified atom stereocenters. The molecule has 0 radical (unpaired) electrons. The summed E-state index contributed by atoms with van der Waals surface area (Å²) in [6, 6.07) is 17.8. The van der Waals surface area contributed by atoms with Gasteiger partial charge in [0.05, 0.1) is 12.4 Å². The molecule has 3 rings (SSSR count). The van der Waals surface area contributed by atoms with Crippen molar-refractivity contribution in [3.05, 3.63) is 66.0 Å². The second-order valence-electron chi connectivity index (χ2n) is 6.83. The van der Waals surface area contributed by atoms with Crippen LogP contribution >= 0.6 is 11.8 Å². The van der Waals surface area contributed by atoms with Crippen molar-refractivity contribution < 1.29 is 9.53 Å². The number of benzene rings is 2. The van der Waals surface area contributed by atoms with Crippen molar-refractivity contribution in [2.45, 2.75) is 44.8 Å². The van der Waals surface area contributed by atoms with Crippen LogP contribution in [0.1, 0.15) is 31.7 Å². The lowest BCUT2D eigenvalue weighted by Gasteiger charge is -2.09.